The number of aromatic nitrogens is 2. The van der Waals surface area contributed by atoms with Crippen molar-refractivity contribution in [1.29, 1.82) is 0 Å². The number of nitrogens with zero attached hydrogens (tertiary/aromatic N) is 2. The van der Waals surface area contributed by atoms with Crippen molar-refractivity contribution in [2.24, 2.45) is 5.92 Å². The SMILES string of the molecule is CCCC[C@H](CC)C(=O)NCc1cnn(CC)c1. The Morgan fingerprint density at radius 3 is 2.78 bits per heavy atom. The van der Waals surface area contributed by atoms with Gasteiger partial charge in [0.2, 0.25) is 5.91 Å². The van der Waals surface area contributed by atoms with E-state index in [-0.39, 0.29) is 11.8 Å². The van der Waals surface area contributed by atoms with E-state index in [1.54, 1.807) is 0 Å². The molecule has 0 radical (unpaired) electrons. The van der Waals surface area contributed by atoms with E-state index in [2.05, 4.69) is 24.3 Å². The quantitative estimate of drug-likeness (QED) is 0.772. The lowest BCUT2D eigenvalue weighted by Crippen LogP contribution is -2.29. The van der Waals surface area contributed by atoms with Gasteiger partial charge < -0.3 is 5.32 Å². The Morgan fingerprint density at radius 1 is 1.44 bits per heavy atom. The van der Waals surface area contributed by atoms with Crippen molar-refractivity contribution in [3.63, 3.8) is 0 Å². The van der Waals surface area contributed by atoms with E-state index in [9.17, 15) is 4.79 Å². The Morgan fingerprint density at radius 2 is 2.22 bits per heavy atom. The summed E-state index contributed by atoms with van der Waals surface area (Å²) in [5.41, 5.74) is 1.07. The van der Waals surface area contributed by atoms with Crippen molar-refractivity contribution in [3.05, 3.63) is 18.0 Å². The maximum absolute atomic E-state index is 12.0. The average Bonchev–Trinajstić information content (AvgIpc) is 2.85. The number of unbranched alkanes of at least 4 members (excludes halogenated alkanes) is 1. The van der Waals surface area contributed by atoms with Crippen molar-refractivity contribution >= 4 is 5.91 Å². The summed E-state index contributed by atoms with van der Waals surface area (Å²) in [5.74, 6) is 0.335. The fraction of sp³-hybridized carbons (Fsp3) is 0.714. The minimum absolute atomic E-state index is 0.158. The van der Waals surface area contributed by atoms with Gasteiger partial charge in [-0.05, 0) is 19.8 Å². The first-order chi connectivity index (χ1) is 8.71. The van der Waals surface area contributed by atoms with Crippen molar-refractivity contribution in [2.75, 3.05) is 0 Å². The number of hydrogen-bond acceptors (Lipinski definition) is 2. The Labute approximate surface area is 110 Å². The molecule has 0 aliphatic carbocycles. The molecule has 1 amide bonds. The lowest BCUT2D eigenvalue weighted by atomic mass is 9.98. The highest BCUT2D eigenvalue weighted by Crippen LogP contribution is 2.12. The van der Waals surface area contributed by atoms with Gasteiger partial charge >= 0.3 is 0 Å². The van der Waals surface area contributed by atoms with Crippen molar-refractivity contribution < 1.29 is 4.79 Å². The molecule has 18 heavy (non-hydrogen) atoms. The molecule has 0 bridgehead atoms. The molecule has 0 aromatic carbocycles. The van der Waals surface area contributed by atoms with Gasteiger partial charge in [0.25, 0.3) is 0 Å². The Hall–Kier alpha value is -1.32. The van der Waals surface area contributed by atoms with Gasteiger partial charge in [-0.1, -0.05) is 26.7 Å². The zero-order valence-electron chi connectivity index (χ0n) is 11.8. The Kier molecular flexibility index (Phi) is 6.47. The van der Waals surface area contributed by atoms with Crippen LogP contribution in [0.15, 0.2) is 12.4 Å². The number of carbonyl (C=O) groups is 1. The monoisotopic (exact) mass is 251 g/mol. The van der Waals surface area contributed by atoms with E-state index in [4.69, 9.17) is 0 Å². The first-order valence-corrected chi connectivity index (χ1v) is 7.00. The molecule has 4 heteroatoms. The molecule has 1 aromatic heterocycles. The third kappa shape index (κ3) is 4.51. The molecule has 0 saturated heterocycles. The number of hydrogen-bond donors (Lipinski definition) is 1. The second-order valence-electron chi connectivity index (χ2n) is 4.67. The molecule has 0 aliphatic heterocycles. The summed E-state index contributed by atoms with van der Waals surface area (Å²) in [7, 11) is 0. The van der Waals surface area contributed by atoms with E-state index < -0.39 is 0 Å². The minimum atomic E-state index is 0.158. The first-order valence-electron chi connectivity index (χ1n) is 7.00. The van der Waals surface area contributed by atoms with Gasteiger partial charge in [0.05, 0.1) is 6.20 Å². The predicted molar refractivity (Wildman–Crippen MR) is 73.1 cm³/mol. The summed E-state index contributed by atoms with van der Waals surface area (Å²) >= 11 is 0. The van der Waals surface area contributed by atoms with E-state index in [1.807, 2.05) is 24.0 Å². The lowest BCUT2D eigenvalue weighted by Gasteiger charge is -2.13. The third-order valence-electron chi connectivity index (χ3n) is 3.25. The van der Waals surface area contributed by atoms with Gasteiger partial charge in [-0.2, -0.15) is 5.10 Å². The molecule has 1 rings (SSSR count). The van der Waals surface area contributed by atoms with Crippen LogP contribution in [0, 0.1) is 5.92 Å². The van der Waals surface area contributed by atoms with Crippen LogP contribution in [-0.2, 0) is 17.9 Å². The zero-order chi connectivity index (χ0) is 13.4. The number of carbonyl (C=O) groups excluding carboxylic acids is 1. The maximum atomic E-state index is 12.0. The summed E-state index contributed by atoms with van der Waals surface area (Å²) in [5, 5.41) is 7.20. The smallest absolute Gasteiger partial charge is 0.223 e. The van der Waals surface area contributed by atoms with Crippen LogP contribution >= 0.6 is 0 Å². The fourth-order valence-electron chi connectivity index (χ4n) is 1.98. The van der Waals surface area contributed by atoms with Crippen LogP contribution in [-0.4, -0.2) is 15.7 Å². The molecule has 1 heterocycles. The van der Waals surface area contributed by atoms with E-state index >= 15 is 0 Å². The van der Waals surface area contributed by atoms with Crippen LogP contribution in [0.1, 0.15) is 52.0 Å². The van der Waals surface area contributed by atoms with Crippen molar-refractivity contribution in [1.82, 2.24) is 15.1 Å². The van der Waals surface area contributed by atoms with Crippen LogP contribution in [0.25, 0.3) is 0 Å². The molecular weight excluding hydrogens is 226 g/mol. The number of nitrogens with one attached hydrogen (secondary N) is 1. The van der Waals surface area contributed by atoms with Gasteiger partial charge in [0.1, 0.15) is 0 Å². The highest BCUT2D eigenvalue weighted by Gasteiger charge is 2.15. The standard InChI is InChI=1S/C14H25N3O/c1-4-7-8-13(5-2)14(18)15-9-12-10-16-17(6-3)11-12/h10-11,13H,4-9H2,1-3H3,(H,15,18)/t13-/m0/s1. The van der Waals surface area contributed by atoms with Crippen LogP contribution in [0.4, 0.5) is 0 Å². The Balaban J connectivity index is 2.38. The fourth-order valence-corrected chi connectivity index (χ4v) is 1.98. The van der Waals surface area contributed by atoms with Crippen molar-refractivity contribution in [2.45, 2.75) is 59.5 Å². The van der Waals surface area contributed by atoms with Gasteiger partial charge in [0, 0.05) is 30.8 Å². The molecule has 0 aliphatic rings. The van der Waals surface area contributed by atoms with E-state index in [0.29, 0.717) is 6.54 Å². The second-order valence-corrected chi connectivity index (χ2v) is 4.67. The topological polar surface area (TPSA) is 46.9 Å². The summed E-state index contributed by atoms with van der Waals surface area (Å²) in [6, 6.07) is 0. The highest BCUT2D eigenvalue weighted by atomic mass is 16.1. The summed E-state index contributed by atoms with van der Waals surface area (Å²) < 4.78 is 1.87. The van der Waals surface area contributed by atoms with Crippen molar-refractivity contribution in [3.8, 4) is 0 Å². The highest BCUT2D eigenvalue weighted by molar-refractivity contribution is 5.78. The molecule has 0 unspecified atom stereocenters. The number of rotatable bonds is 8. The molecule has 4 nitrogen and oxygen atoms in total. The van der Waals surface area contributed by atoms with Crippen LogP contribution < -0.4 is 5.32 Å². The van der Waals surface area contributed by atoms with E-state index in [1.165, 1.54) is 0 Å². The van der Waals surface area contributed by atoms with Gasteiger partial charge in [-0.15, -0.1) is 0 Å². The minimum Gasteiger partial charge on any atom is -0.352 e. The third-order valence-corrected chi connectivity index (χ3v) is 3.25. The summed E-state index contributed by atoms with van der Waals surface area (Å²) in [6.07, 6.45) is 7.98. The normalized spacial score (nSPS) is 12.4. The van der Waals surface area contributed by atoms with E-state index in [0.717, 1.165) is 37.8 Å². The Bertz CT molecular complexity index is 360. The van der Waals surface area contributed by atoms with Crippen LogP contribution in [0.2, 0.25) is 0 Å². The van der Waals surface area contributed by atoms with Crippen LogP contribution in [0.5, 0.6) is 0 Å². The maximum Gasteiger partial charge on any atom is 0.223 e. The largest absolute Gasteiger partial charge is 0.352 e. The zero-order valence-corrected chi connectivity index (χ0v) is 11.8. The second kappa shape index (κ2) is 7.90. The molecule has 1 aromatic rings. The number of amides is 1. The molecule has 1 N–H and O–H groups in total. The number of aryl methyl sites for hydroxylation is 1. The molecule has 0 spiro atoms. The molecule has 1 atom stereocenters. The lowest BCUT2D eigenvalue weighted by molar-refractivity contribution is -0.125. The predicted octanol–water partition coefficient (Wildman–Crippen LogP) is 2.74. The van der Waals surface area contributed by atoms with Gasteiger partial charge in [-0.3, -0.25) is 9.48 Å². The average molecular weight is 251 g/mol. The first kappa shape index (κ1) is 14.7. The van der Waals surface area contributed by atoms with Gasteiger partial charge in [0.15, 0.2) is 0 Å². The molecule has 0 fully saturated rings. The van der Waals surface area contributed by atoms with Crippen LogP contribution in [0.3, 0.4) is 0 Å². The summed E-state index contributed by atoms with van der Waals surface area (Å²) in [6.45, 7) is 7.73. The molecule has 102 valence electrons. The summed E-state index contributed by atoms with van der Waals surface area (Å²) in [4.78, 5) is 12.0. The van der Waals surface area contributed by atoms with Gasteiger partial charge in [-0.25, -0.2) is 0 Å². The molecule has 0 saturated carbocycles. The molecular formula is C14H25N3O.